The Hall–Kier alpha value is -4.93. The number of aromatic nitrogens is 1. The summed E-state index contributed by atoms with van der Waals surface area (Å²) in [5.74, 6) is -2.00. The number of rotatable bonds is 10. The Morgan fingerprint density at radius 1 is 0.974 bits per heavy atom. The maximum atomic E-state index is 13.5. The van der Waals surface area contributed by atoms with Gasteiger partial charge in [0, 0.05) is 19.8 Å². The summed E-state index contributed by atoms with van der Waals surface area (Å²) >= 11 is 0. The molecule has 0 aliphatic carbocycles. The first-order valence-corrected chi connectivity index (χ1v) is 12.4. The minimum Gasteiger partial charge on any atom is -0.480 e. The normalized spacial score (nSPS) is 11.9. The number of hydrogen-bond acceptors (Lipinski definition) is 5. The van der Waals surface area contributed by atoms with Crippen LogP contribution in [0.4, 0.5) is 4.79 Å². The van der Waals surface area contributed by atoms with Crippen LogP contribution < -0.4 is 21.5 Å². The van der Waals surface area contributed by atoms with Gasteiger partial charge in [0.05, 0.1) is 12.6 Å². The second-order valence-electron chi connectivity index (χ2n) is 8.35. The second kappa shape index (κ2) is 14.1. The quantitative estimate of drug-likeness (QED) is 0.229. The molecule has 1 aromatic heterocycles. The number of nitrogens with one attached hydrogen (secondary N) is 3. The zero-order valence-corrected chi connectivity index (χ0v) is 21.7. The molecule has 2 amide bonds. The molecule has 0 aliphatic heterocycles. The molecule has 11 heteroatoms. The number of hydrogen-bond donors (Lipinski definition) is 4. The fourth-order valence-corrected chi connectivity index (χ4v) is 3.93. The summed E-state index contributed by atoms with van der Waals surface area (Å²) in [4.78, 5) is 53.7. The number of benzene rings is 2. The van der Waals surface area contributed by atoms with E-state index in [1.54, 1.807) is 19.2 Å². The Balaban J connectivity index is 1.81. The van der Waals surface area contributed by atoms with Crippen LogP contribution in [0.25, 0.3) is 0 Å². The molecule has 2 aromatic carbocycles. The molecule has 0 radical (unpaired) electrons. The van der Waals surface area contributed by atoms with Crippen LogP contribution in [0.2, 0.25) is 0 Å². The van der Waals surface area contributed by atoms with Crippen LogP contribution >= 0.6 is 0 Å². The largest absolute Gasteiger partial charge is 0.480 e. The Labute approximate surface area is 225 Å². The standard InChI is InChI=1S/C28H31N5O6/c1-3-39-28(38)32-27(29-2)30-17-16-22(26(36)37)31-24(34)21-15-10-18-33(25(21)35)23(19-11-6-4-7-12-19)20-13-8-5-9-14-20/h4-15,18,22-23H,3,16-17H2,1-2H3,(H,31,34)(H,36,37)(H2,29,30,32,38)/t22-/m0/s1. The fourth-order valence-electron chi connectivity index (χ4n) is 3.93. The molecule has 0 bridgehead atoms. The van der Waals surface area contributed by atoms with E-state index < -0.39 is 35.6 Å². The third kappa shape index (κ3) is 7.78. The highest BCUT2D eigenvalue weighted by Crippen LogP contribution is 2.25. The first-order valence-electron chi connectivity index (χ1n) is 12.4. The zero-order chi connectivity index (χ0) is 28.2. The monoisotopic (exact) mass is 533 g/mol. The number of carbonyl (C=O) groups excluding carboxylic acids is 2. The van der Waals surface area contributed by atoms with Gasteiger partial charge >= 0.3 is 12.1 Å². The maximum absolute atomic E-state index is 13.5. The van der Waals surface area contributed by atoms with E-state index in [-0.39, 0.29) is 31.1 Å². The van der Waals surface area contributed by atoms with Gasteiger partial charge in [0.25, 0.3) is 11.5 Å². The summed E-state index contributed by atoms with van der Waals surface area (Å²) in [6.45, 7) is 1.86. The van der Waals surface area contributed by atoms with Crippen LogP contribution in [0, 0.1) is 0 Å². The van der Waals surface area contributed by atoms with E-state index in [9.17, 15) is 24.3 Å². The van der Waals surface area contributed by atoms with Gasteiger partial charge < -0.3 is 30.4 Å². The first-order chi connectivity index (χ1) is 18.8. The van der Waals surface area contributed by atoms with Crippen LogP contribution in [0.3, 0.4) is 0 Å². The lowest BCUT2D eigenvalue weighted by molar-refractivity contribution is -0.139. The summed E-state index contributed by atoms with van der Waals surface area (Å²) in [7, 11) is 1.53. The van der Waals surface area contributed by atoms with Crippen molar-refractivity contribution in [2.24, 2.45) is 4.99 Å². The van der Waals surface area contributed by atoms with Crippen molar-refractivity contribution >= 4 is 23.9 Å². The van der Waals surface area contributed by atoms with Crippen LogP contribution in [0.5, 0.6) is 0 Å². The molecule has 1 atom stereocenters. The van der Waals surface area contributed by atoms with Crippen molar-refractivity contribution in [2.75, 3.05) is 20.2 Å². The average Bonchev–Trinajstić information content (AvgIpc) is 2.94. The third-order valence-electron chi connectivity index (χ3n) is 5.76. The summed E-state index contributed by atoms with van der Waals surface area (Å²) < 4.78 is 6.21. The number of pyridine rings is 1. The lowest BCUT2D eigenvalue weighted by Gasteiger charge is -2.22. The van der Waals surface area contributed by atoms with Crippen molar-refractivity contribution in [2.45, 2.75) is 25.4 Å². The summed E-state index contributed by atoms with van der Waals surface area (Å²) in [6.07, 6.45) is 0.745. The van der Waals surface area contributed by atoms with E-state index in [1.165, 1.54) is 17.7 Å². The van der Waals surface area contributed by atoms with Crippen molar-refractivity contribution in [3.05, 3.63) is 106 Å². The second-order valence-corrected chi connectivity index (χ2v) is 8.35. The van der Waals surface area contributed by atoms with Crippen LogP contribution in [0.15, 0.2) is 88.8 Å². The van der Waals surface area contributed by atoms with E-state index in [1.807, 2.05) is 60.7 Å². The van der Waals surface area contributed by atoms with Crippen molar-refractivity contribution in [3.8, 4) is 0 Å². The molecule has 0 unspecified atom stereocenters. The van der Waals surface area contributed by atoms with Gasteiger partial charge in [-0.15, -0.1) is 4.99 Å². The minimum absolute atomic E-state index is 0.0533. The van der Waals surface area contributed by atoms with Gasteiger partial charge in [-0.2, -0.15) is 0 Å². The molecule has 0 fully saturated rings. The van der Waals surface area contributed by atoms with Gasteiger partial charge in [-0.3, -0.25) is 9.59 Å². The number of carboxylic acids is 1. The molecule has 204 valence electrons. The van der Waals surface area contributed by atoms with Crippen LogP contribution in [0.1, 0.15) is 40.9 Å². The SMILES string of the molecule is CCOC(=O)/N=C(\NC)NCC[C@H](NC(=O)c1cccn(C(c2ccccc2)c2ccccc2)c1=O)C(=O)O. The van der Waals surface area contributed by atoms with Gasteiger partial charge in [-0.1, -0.05) is 60.7 Å². The topological polar surface area (TPSA) is 151 Å². The summed E-state index contributed by atoms with van der Waals surface area (Å²) in [5.41, 5.74) is 0.952. The maximum Gasteiger partial charge on any atom is 0.436 e. The van der Waals surface area contributed by atoms with Gasteiger partial charge in [0.15, 0.2) is 0 Å². The number of carbonyl (C=O) groups is 3. The lowest BCUT2D eigenvalue weighted by Crippen LogP contribution is -2.46. The molecule has 0 spiro atoms. The molecule has 3 rings (SSSR count). The van der Waals surface area contributed by atoms with E-state index in [0.717, 1.165) is 11.1 Å². The Morgan fingerprint density at radius 2 is 1.59 bits per heavy atom. The highest BCUT2D eigenvalue weighted by molar-refractivity contribution is 5.96. The smallest absolute Gasteiger partial charge is 0.436 e. The van der Waals surface area contributed by atoms with Crippen molar-refractivity contribution in [1.29, 1.82) is 0 Å². The zero-order valence-electron chi connectivity index (χ0n) is 21.7. The van der Waals surface area contributed by atoms with Crippen LogP contribution in [-0.4, -0.2) is 59.8 Å². The van der Waals surface area contributed by atoms with E-state index in [0.29, 0.717) is 0 Å². The molecule has 11 nitrogen and oxygen atoms in total. The number of carboxylic acid groups (broad SMARTS) is 1. The Kier molecular flexibility index (Phi) is 10.4. The van der Waals surface area contributed by atoms with Gasteiger partial charge in [-0.05, 0) is 36.6 Å². The molecular weight excluding hydrogens is 502 g/mol. The molecule has 1 heterocycles. The third-order valence-corrected chi connectivity index (χ3v) is 5.76. The van der Waals surface area contributed by atoms with Gasteiger partial charge in [0.2, 0.25) is 5.96 Å². The van der Waals surface area contributed by atoms with Gasteiger partial charge in [0.1, 0.15) is 11.6 Å². The van der Waals surface area contributed by atoms with Gasteiger partial charge in [-0.25, -0.2) is 9.59 Å². The Morgan fingerprint density at radius 3 is 2.13 bits per heavy atom. The van der Waals surface area contributed by atoms with Crippen molar-refractivity contribution < 1.29 is 24.2 Å². The number of nitrogens with zero attached hydrogens (tertiary/aromatic N) is 2. The lowest BCUT2D eigenvalue weighted by atomic mass is 9.98. The van der Waals surface area contributed by atoms with Crippen molar-refractivity contribution in [1.82, 2.24) is 20.5 Å². The fraction of sp³-hybridized carbons (Fsp3) is 0.250. The predicted octanol–water partition coefficient (Wildman–Crippen LogP) is 2.38. The predicted molar refractivity (Wildman–Crippen MR) is 146 cm³/mol. The molecule has 4 N–H and O–H groups in total. The van der Waals surface area contributed by atoms with E-state index in [4.69, 9.17) is 4.74 Å². The van der Waals surface area contributed by atoms with E-state index in [2.05, 4.69) is 20.9 Å². The number of aliphatic carboxylic acids is 1. The molecule has 0 aliphatic rings. The number of guanidine groups is 1. The average molecular weight is 534 g/mol. The highest BCUT2D eigenvalue weighted by Gasteiger charge is 2.24. The molecule has 0 saturated heterocycles. The Bertz CT molecular complexity index is 1320. The first kappa shape index (κ1) is 28.6. The highest BCUT2D eigenvalue weighted by atomic mass is 16.5. The molecule has 39 heavy (non-hydrogen) atoms. The number of amides is 2. The van der Waals surface area contributed by atoms with Crippen LogP contribution in [-0.2, 0) is 9.53 Å². The molecular formula is C28H31N5O6. The summed E-state index contributed by atoms with van der Waals surface area (Å²) in [5, 5.41) is 17.6. The molecule has 3 aromatic rings. The molecule has 0 saturated carbocycles. The van der Waals surface area contributed by atoms with E-state index >= 15 is 0 Å². The summed E-state index contributed by atoms with van der Waals surface area (Å²) in [6, 6.07) is 20.0. The number of aliphatic imine (C=N–C) groups is 1. The van der Waals surface area contributed by atoms with Crippen molar-refractivity contribution in [3.63, 3.8) is 0 Å². The number of ether oxygens (including phenoxy) is 1. The minimum atomic E-state index is -1.31.